The van der Waals surface area contributed by atoms with Crippen LogP contribution in [0.4, 0.5) is 0 Å². The zero-order valence-electron chi connectivity index (χ0n) is 13.5. The van der Waals surface area contributed by atoms with Crippen molar-refractivity contribution in [2.75, 3.05) is 32.8 Å². The van der Waals surface area contributed by atoms with Crippen molar-refractivity contribution in [3.8, 4) is 0 Å². The zero-order valence-corrected chi connectivity index (χ0v) is 13.5. The molecule has 0 spiro atoms. The molecule has 2 aromatic rings. The lowest BCUT2D eigenvalue weighted by Gasteiger charge is -2.38. The fraction of sp³-hybridized carbons (Fsp3) is 0.444. The van der Waals surface area contributed by atoms with Crippen molar-refractivity contribution in [1.82, 2.24) is 14.8 Å². The van der Waals surface area contributed by atoms with Gasteiger partial charge in [-0.1, -0.05) is 31.2 Å². The summed E-state index contributed by atoms with van der Waals surface area (Å²) in [4.78, 5) is 21.2. The Hall–Kier alpha value is -1.98. The molecule has 1 N–H and O–H groups in total. The van der Waals surface area contributed by atoms with Gasteiger partial charge in [0.25, 0.3) is 5.91 Å². The molecule has 1 fully saturated rings. The number of carbonyl (C=O) groups excluding carboxylic acids is 1. The smallest absolute Gasteiger partial charge is 0.256 e. The van der Waals surface area contributed by atoms with E-state index in [1.54, 1.807) is 12.4 Å². The highest BCUT2D eigenvalue weighted by Gasteiger charge is 2.26. The van der Waals surface area contributed by atoms with E-state index in [0.717, 1.165) is 30.3 Å². The van der Waals surface area contributed by atoms with Crippen LogP contribution in [-0.2, 0) is 0 Å². The van der Waals surface area contributed by atoms with Gasteiger partial charge < -0.3 is 10.0 Å². The number of fused-ring (bicyclic) bond motifs is 1. The first kappa shape index (κ1) is 15.9. The van der Waals surface area contributed by atoms with Crippen LogP contribution in [0.1, 0.15) is 23.7 Å². The van der Waals surface area contributed by atoms with Crippen LogP contribution in [0.15, 0.2) is 36.7 Å². The van der Waals surface area contributed by atoms with E-state index in [1.807, 2.05) is 29.2 Å². The molecule has 2 heterocycles. The molecule has 23 heavy (non-hydrogen) atoms. The lowest BCUT2D eigenvalue weighted by atomic mass is 10.1. The van der Waals surface area contributed by atoms with E-state index in [2.05, 4.69) is 16.8 Å². The summed E-state index contributed by atoms with van der Waals surface area (Å²) < 4.78 is 0. The molecule has 122 valence electrons. The first-order valence-corrected chi connectivity index (χ1v) is 8.21. The topological polar surface area (TPSA) is 56.7 Å². The van der Waals surface area contributed by atoms with Crippen LogP contribution in [0.5, 0.6) is 0 Å². The van der Waals surface area contributed by atoms with Gasteiger partial charge >= 0.3 is 0 Å². The monoisotopic (exact) mass is 313 g/mol. The summed E-state index contributed by atoms with van der Waals surface area (Å²) >= 11 is 0. The molecule has 5 nitrogen and oxygen atoms in total. The predicted octanol–water partition coefficient (Wildman–Crippen LogP) is 1.76. The fourth-order valence-electron chi connectivity index (χ4n) is 3.25. The van der Waals surface area contributed by atoms with Gasteiger partial charge in [-0.2, -0.15) is 0 Å². The highest BCUT2D eigenvalue weighted by molar-refractivity contribution is 6.06. The maximum atomic E-state index is 12.8. The Morgan fingerprint density at radius 1 is 1.22 bits per heavy atom. The third kappa shape index (κ3) is 3.21. The van der Waals surface area contributed by atoms with Crippen molar-refractivity contribution < 1.29 is 9.90 Å². The van der Waals surface area contributed by atoms with Gasteiger partial charge in [-0.05, 0) is 11.8 Å². The average Bonchev–Trinajstić information content (AvgIpc) is 2.62. The largest absolute Gasteiger partial charge is 0.395 e. The maximum absolute atomic E-state index is 12.8. The number of rotatable bonds is 4. The highest BCUT2D eigenvalue weighted by Crippen LogP contribution is 2.20. The Kier molecular flexibility index (Phi) is 4.88. The van der Waals surface area contributed by atoms with Crippen molar-refractivity contribution in [1.29, 1.82) is 0 Å². The van der Waals surface area contributed by atoms with Crippen LogP contribution in [0.3, 0.4) is 0 Å². The minimum absolute atomic E-state index is 0.0472. The number of nitrogens with zero attached hydrogens (tertiary/aromatic N) is 3. The highest BCUT2D eigenvalue weighted by atomic mass is 16.3. The molecule has 1 saturated heterocycles. The average molecular weight is 313 g/mol. The molecule has 1 aromatic carbocycles. The van der Waals surface area contributed by atoms with Crippen LogP contribution < -0.4 is 0 Å². The summed E-state index contributed by atoms with van der Waals surface area (Å²) in [5, 5.41) is 11.4. The van der Waals surface area contributed by atoms with E-state index < -0.39 is 0 Å². The van der Waals surface area contributed by atoms with Crippen molar-refractivity contribution in [3.63, 3.8) is 0 Å². The lowest BCUT2D eigenvalue weighted by Crippen LogP contribution is -2.52. The molecular weight excluding hydrogens is 290 g/mol. The summed E-state index contributed by atoms with van der Waals surface area (Å²) in [5.41, 5.74) is 0.672. The number of hydrogen-bond acceptors (Lipinski definition) is 4. The molecular formula is C18H23N3O2. The third-order valence-corrected chi connectivity index (χ3v) is 4.70. The zero-order chi connectivity index (χ0) is 16.2. The second-order valence-electron chi connectivity index (χ2n) is 5.98. The maximum Gasteiger partial charge on any atom is 0.256 e. The molecule has 0 aliphatic carbocycles. The third-order valence-electron chi connectivity index (χ3n) is 4.70. The first-order chi connectivity index (χ1) is 11.2. The lowest BCUT2D eigenvalue weighted by molar-refractivity contribution is 0.0473. The Morgan fingerprint density at radius 3 is 2.65 bits per heavy atom. The Bertz CT molecular complexity index is 672. The number of aromatic nitrogens is 1. The number of hydrogen-bond donors (Lipinski definition) is 1. The van der Waals surface area contributed by atoms with Gasteiger partial charge in [0.05, 0.1) is 12.2 Å². The van der Waals surface area contributed by atoms with Gasteiger partial charge in [0, 0.05) is 50.0 Å². The Labute approximate surface area is 136 Å². The summed E-state index contributed by atoms with van der Waals surface area (Å²) in [5.74, 6) is 0.0472. The van der Waals surface area contributed by atoms with Crippen LogP contribution in [0.25, 0.3) is 10.8 Å². The molecule has 0 bridgehead atoms. The Morgan fingerprint density at radius 2 is 1.96 bits per heavy atom. The van der Waals surface area contributed by atoms with Crippen LogP contribution in [-0.4, -0.2) is 64.6 Å². The summed E-state index contributed by atoms with van der Waals surface area (Å²) in [6.45, 7) is 5.26. The number of pyridine rings is 1. The minimum atomic E-state index is 0.0472. The fourth-order valence-corrected chi connectivity index (χ4v) is 3.25. The summed E-state index contributed by atoms with van der Waals surface area (Å²) in [6, 6.07) is 8.05. The molecule has 1 atom stereocenters. The molecule has 3 rings (SSSR count). The molecule has 1 aromatic heterocycles. The summed E-state index contributed by atoms with van der Waals surface area (Å²) in [7, 11) is 0. The molecule has 1 aliphatic rings. The van der Waals surface area contributed by atoms with Crippen molar-refractivity contribution in [2.24, 2.45) is 0 Å². The molecule has 1 aliphatic heterocycles. The number of amides is 1. The van der Waals surface area contributed by atoms with Gasteiger partial charge in [-0.25, -0.2) is 0 Å². The van der Waals surface area contributed by atoms with Gasteiger partial charge in [0.2, 0.25) is 0 Å². The molecule has 0 radical (unpaired) electrons. The van der Waals surface area contributed by atoms with Gasteiger partial charge in [0.15, 0.2) is 0 Å². The SMILES string of the molecule is CCC(CO)N1CCN(C(=O)c2cncc3ccccc23)CC1. The van der Waals surface area contributed by atoms with Crippen LogP contribution in [0.2, 0.25) is 0 Å². The van der Waals surface area contributed by atoms with Crippen molar-refractivity contribution in [2.45, 2.75) is 19.4 Å². The van der Waals surface area contributed by atoms with Gasteiger partial charge in [0.1, 0.15) is 0 Å². The van der Waals surface area contributed by atoms with E-state index >= 15 is 0 Å². The predicted molar refractivity (Wildman–Crippen MR) is 90.4 cm³/mol. The normalized spacial score (nSPS) is 17.4. The van der Waals surface area contributed by atoms with Crippen molar-refractivity contribution in [3.05, 3.63) is 42.2 Å². The van der Waals surface area contributed by atoms with Gasteiger partial charge in [-0.15, -0.1) is 0 Å². The van der Waals surface area contributed by atoms with Gasteiger partial charge in [-0.3, -0.25) is 14.7 Å². The Balaban J connectivity index is 1.74. The second-order valence-corrected chi connectivity index (χ2v) is 5.98. The van der Waals surface area contributed by atoms with E-state index in [4.69, 9.17) is 0 Å². The van der Waals surface area contributed by atoms with E-state index in [-0.39, 0.29) is 18.6 Å². The number of piperazine rings is 1. The number of aliphatic hydroxyl groups is 1. The second kappa shape index (κ2) is 7.06. The van der Waals surface area contributed by atoms with Crippen LogP contribution >= 0.6 is 0 Å². The van der Waals surface area contributed by atoms with E-state index in [1.165, 1.54) is 0 Å². The molecule has 0 saturated carbocycles. The molecule has 5 heteroatoms. The van der Waals surface area contributed by atoms with Crippen molar-refractivity contribution >= 4 is 16.7 Å². The van der Waals surface area contributed by atoms with Crippen LogP contribution in [0, 0.1) is 0 Å². The standard InChI is InChI=1S/C18H23N3O2/c1-2-15(13-22)20-7-9-21(10-8-20)18(23)17-12-19-11-14-5-3-4-6-16(14)17/h3-6,11-12,15,22H,2,7-10,13H2,1H3. The number of benzene rings is 1. The quantitative estimate of drug-likeness (QED) is 0.934. The van der Waals surface area contributed by atoms with E-state index in [9.17, 15) is 9.90 Å². The van der Waals surface area contributed by atoms with E-state index in [0.29, 0.717) is 18.7 Å². The molecule has 1 unspecified atom stereocenters. The molecule has 1 amide bonds. The number of carbonyl (C=O) groups is 1. The first-order valence-electron chi connectivity index (χ1n) is 8.21. The number of aliphatic hydroxyl groups excluding tert-OH is 1. The summed E-state index contributed by atoms with van der Waals surface area (Å²) in [6.07, 6.45) is 4.38. The minimum Gasteiger partial charge on any atom is -0.395 e.